The van der Waals surface area contributed by atoms with Crippen LogP contribution in [0.5, 0.6) is 0 Å². The summed E-state index contributed by atoms with van der Waals surface area (Å²) in [6.45, 7) is 1.44. The van der Waals surface area contributed by atoms with Crippen molar-refractivity contribution < 1.29 is 14.7 Å². The maximum atomic E-state index is 10.8. The fourth-order valence-corrected chi connectivity index (χ4v) is 1.98. The van der Waals surface area contributed by atoms with Crippen LogP contribution in [0.3, 0.4) is 0 Å². The Bertz CT molecular complexity index is 350. The van der Waals surface area contributed by atoms with Crippen LogP contribution in [-0.4, -0.2) is 25.5 Å². The van der Waals surface area contributed by atoms with Gasteiger partial charge in [-0.15, -0.1) is 0 Å². The lowest BCUT2D eigenvalue weighted by atomic mass is 10.6. The number of thioether (sulfide) groups is 2. The van der Waals surface area contributed by atoms with Gasteiger partial charge in [0.1, 0.15) is 5.03 Å². The van der Waals surface area contributed by atoms with Crippen LogP contribution in [0.4, 0.5) is 4.79 Å². The van der Waals surface area contributed by atoms with Crippen molar-refractivity contribution in [1.82, 2.24) is 9.97 Å². The maximum absolute atomic E-state index is 10.8. The molecule has 0 saturated carbocycles. The Morgan fingerprint density at radius 3 is 2.93 bits per heavy atom. The van der Waals surface area contributed by atoms with Crippen LogP contribution < -0.4 is 0 Å². The number of nitrogens with one attached hydrogen (secondary N) is 1. The van der Waals surface area contributed by atoms with Gasteiger partial charge in [0.25, 0.3) is 0 Å². The van der Waals surface area contributed by atoms with Gasteiger partial charge in [0.2, 0.25) is 0 Å². The Balaban J connectivity index is 2.62. The quantitative estimate of drug-likeness (QED) is 0.775. The molecule has 0 fully saturated rings. The van der Waals surface area contributed by atoms with E-state index in [0.717, 1.165) is 23.5 Å². The molecule has 2 N–H and O–H groups in total. The highest BCUT2D eigenvalue weighted by molar-refractivity contribution is 8.14. The average Bonchev–Trinajstić information content (AvgIpc) is 2.47. The minimum Gasteiger partial charge on any atom is -0.473 e. The minimum atomic E-state index is -0.946. The molecule has 0 atom stereocenters. The SMILES string of the molecule is CC(=O)Sc1nc[nH]c1CSC(=O)O. The molecule has 5 nitrogen and oxygen atoms in total. The molecule has 76 valence electrons. The highest BCUT2D eigenvalue weighted by Crippen LogP contribution is 2.23. The average molecular weight is 232 g/mol. The molecule has 0 aromatic carbocycles. The Morgan fingerprint density at radius 2 is 2.36 bits per heavy atom. The number of imidazole rings is 1. The van der Waals surface area contributed by atoms with E-state index in [-0.39, 0.29) is 10.9 Å². The van der Waals surface area contributed by atoms with Gasteiger partial charge in [-0.1, -0.05) is 0 Å². The van der Waals surface area contributed by atoms with Crippen molar-refractivity contribution in [2.45, 2.75) is 17.7 Å². The molecule has 7 heteroatoms. The van der Waals surface area contributed by atoms with Crippen molar-refractivity contribution in [1.29, 1.82) is 0 Å². The molecule has 0 saturated heterocycles. The lowest BCUT2D eigenvalue weighted by molar-refractivity contribution is -0.109. The zero-order valence-corrected chi connectivity index (χ0v) is 8.94. The molecule has 1 aromatic heterocycles. The molecule has 14 heavy (non-hydrogen) atoms. The summed E-state index contributed by atoms with van der Waals surface area (Å²) in [5.74, 6) is 0.283. The van der Waals surface area contributed by atoms with E-state index in [1.807, 2.05) is 0 Å². The van der Waals surface area contributed by atoms with Crippen molar-refractivity contribution in [3.05, 3.63) is 12.0 Å². The number of carbonyl (C=O) groups excluding carboxylic acids is 1. The number of rotatable bonds is 3. The smallest absolute Gasteiger partial charge is 0.365 e. The van der Waals surface area contributed by atoms with E-state index in [1.54, 1.807) is 0 Å². The molecular weight excluding hydrogens is 224 g/mol. The van der Waals surface area contributed by atoms with Crippen LogP contribution in [0.1, 0.15) is 12.6 Å². The summed E-state index contributed by atoms with van der Waals surface area (Å²) in [6.07, 6.45) is 1.45. The number of aromatic nitrogens is 2. The van der Waals surface area contributed by atoms with E-state index < -0.39 is 5.30 Å². The number of carboxylic acid groups (broad SMARTS) is 1. The normalized spacial score (nSPS) is 10.1. The van der Waals surface area contributed by atoms with Gasteiger partial charge in [0.15, 0.2) is 5.12 Å². The van der Waals surface area contributed by atoms with Crippen LogP contribution >= 0.6 is 23.5 Å². The molecule has 0 aliphatic heterocycles. The molecular formula is C7H8N2O3S2. The minimum absolute atomic E-state index is 0.0707. The number of hydrogen-bond acceptors (Lipinski definition) is 5. The predicted octanol–water partition coefficient (Wildman–Crippen LogP) is 1.96. The van der Waals surface area contributed by atoms with Crippen molar-refractivity contribution >= 4 is 33.9 Å². The van der Waals surface area contributed by atoms with Crippen LogP contribution in [0.15, 0.2) is 11.4 Å². The van der Waals surface area contributed by atoms with E-state index in [4.69, 9.17) is 5.11 Å². The van der Waals surface area contributed by atoms with E-state index in [9.17, 15) is 9.59 Å². The van der Waals surface area contributed by atoms with Gasteiger partial charge in [-0.05, 0) is 23.5 Å². The third-order valence-corrected chi connectivity index (χ3v) is 2.77. The summed E-state index contributed by atoms with van der Waals surface area (Å²) in [5, 5.41) is 7.97. The summed E-state index contributed by atoms with van der Waals surface area (Å²) in [6, 6.07) is 0. The largest absolute Gasteiger partial charge is 0.473 e. The summed E-state index contributed by atoms with van der Waals surface area (Å²) in [5.41, 5.74) is 0.664. The second-order valence-electron chi connectivity index (χ2n) is 2.33. The lowest BCUT2D eigenvalue weighted by Gasteiger charge is -1.96. The van der Waals surface area contributed by atoms with E-state index in [1.165, 1.54) is 13.3 Å². The Hall–Kier alpha value is -0.950. The molecule has 0 spiro atoms. The fourth-order valence-electron chi connectivity index (χ4n) is 0.770. The first kappa shape index (κ1) is 11.1. The molecule has 0 bridgehead atoms. The Labute approximate surface area is 88.7 Å². The molecule has 0 aliphatic rings. The standard InChI is InChI=1S/C7H8N2O3S2/c1-4(10)14-6-5(8-3-9-6)2-13-7(11)12/h3H,2H2,1H3,(H,8,9)(H,11,12). The van der Waals surface area contributed by atoms with E-state index in [0.29, 0.717) is 10.7 Å². The van der Waals surface area contributed by atoms with Crippen LogP contribution in [0.2, 0.25) is 0 Å². The van der Waals surface area contributed by atoms with Gasteiger partial charge in [-0.3, -0.25) is 4.79 Å². The van der Waals surface area contributed by atoms with Crippen molar-refractivity contribution in [3.63, 3.8) is 0 Å². The summed E-state index contributed by atoms with van der Waals surface area (Å²) in [4.78, 5) is 27.8. The molecule has 1 rings (SSSR count). The van der Waals surface area contributed by atoms with Crippen LogP contribution in [0.25, 0.3) is 0 Å². The van der Waals surface area contributed by atoms with Crippen LogP contribution in [-0.2, 0) is 10.5 Å². The topological polar surface area (TPSA) is 83.0 Å². The van der Waals surface area contributed by atoms with E-state index in [2.05, 4.69) is 9.97 Å². The van der Waals surface area contributed by atoms with Crippen molar-refractivity contribution in [3.8, 4) is 0 Å². The molecule has 0 amide bonds. The summed E-state index contributed by atoms with van der Waals surface area (Å²) >= 11 is 1.75. The van der Waals surface area contributed by atoms with Crippen LogP contribution in [0, 0.1) is 0 Å². The van der Waals surface area contributed by atoms with Gasteiger partial charge in [-0.25, -0.2) is 9.78 Å². The Morgan fingerprint density at radius 1 is 1.64 bits per heavy atom. The molecule has 1 aromatic rings. The lowest BCUT2D eigenvalue weighted by Crippen LogP contribution is -1.91. The highest BCUT2D eigenvalue weighted by atomic mass is 32.2. The number of aromatic amines is 1. The third-order valence-electron chi connectivity index (χ3n) is 1.26. The second kappa shape index (κ2) is 5.06. The highest BCUT2D eigenvalue weighted by Gasteiger charge is 2.10. The van der Waals surface area contributed by atoms with Gasteiger partial charge in [-0.2, -0.15) is 0 Å². The second-order valence-corrected chi connectivity index (χ2v) is 4.43. The number of nitrogens with zero attached hydrogens (tertiary/aromatic N) is 1. The zero-order chi connectivity index (χ0) is 10.6. The molecule has 0 unspecified atom stereocenters. The maximum Gasteiger partial charge on any atom is 0.365 e. The van der Waals surface area contributed by atoms with Crippen molar-refractivity contribution in [2.75, 3.05) is 0 Å². The molecule has 1 heterocycles. The van der Waals surface area contributed by atoms with Gasteiger partial charge < -0.3 is 10.1 Å². The van der Waals surface area contributed by atoms with E-state index >= 15 is 0 Å². The summed E-state index contributed by atoms with van der Waals surface area (Å²) < 4.78 is 0. The zero-order valence-electron chi connectivity index (χ0n) is 7.31. The molecule has 0 aliphatic carbocycles. The monoisotopic (exact) mass is 232 g/mol. The Kier molecular flexibility index (Phi) is 4.02. The van der Waals surface area contributed by atoms with Gasteiger partial charge in [0.05, 0.1) is 12.0 Å². The predicted molar refractivity (Wildman–Crippen MR) is 54.4 cm³/mol. The molecule has 0 radical (unpaired) electrons. The number of H-pyrrole nitrogens is 1. The number of carbonyl (C=O) groups is 2. The van der Waals surface area contributed by atoms with Gasteiger partial charge in [0, 0.05) is 12.7 Å². The third kappa shape index (κ3) is 3.43. The fraction of sp³-hybridized carbons (Fsp3) is 0.286. The van der Waals surface area contributed by atoms with Crippen molar-refractivity contribution in [2.24, 2.45) is 0 Å². The number of hydrogen-bond donors (Lipinski definition) is 2. The first-order valence-corrected chi connectivity index (χ1v) is 5.46. The summed E-state index contributed by atoms with van der Waals surface area (Å²) in [7, 11) is 0. The van der Waals surface area contributed by atoms with Gasteiger partial charge >= 0.3 is 5.30 Å². The first-order chi connectivity index (χ1) is 6.59. The first-order valence-electron chi connectivity index (χ1n) is 3.66.